The summed E-state index contributed by atoms with van der Waals surface area (Å²) in [6.07, 6.45) is 0. The summed E-state index contributed by atoms with van der Waals surface area (Å²) in [4.78, 5) is 37.6. The van der Waals surface area contributed by atoms with Crippen LogP contribution in [0.5, 0.6) is 0 Å². The molecule has 0 saturated heterocycles. The molecule has 9 nitrogen and oxygen atoms in total. The topological polar surface area (TPSA) is 125 Å². The minimum atomic E-state index is -0.747. The average Bonchev–Trinajstić information content (AvgIpc) is 3.06. The Morgan fingerprint density at radius 2 is 2.23 bits per heavy atom. The van der Waals surface area contributed by atoms with Crippen LogP contribution in [0.3, 0.4) is 0 Å². The summed E-state index contributed by atoms with van der Waals surface area (Å²) in [6, 6.07) is 2.26. The van der Waals surface area contributed by atoms with Crippen LogP contribution in [0, 0.1) is 17.0 Å². The van der Waals surface area contributed by atoms with Crippen molar-refractivity contribution in [3.8, 4) is 0 Å². The molecule has 0 aliphatic rings. The number of nitrogens with one attached hydrogen (secondary N) is 1. The zero-order valence-corrected chi connectivity index (χ0v) is 12.4. The number of aromatic nitrogens is 1. The number of esters is 1. The number of thiazole rings is 1. The van der Waals surface area contributed by atoms with Crippen molar-refractivity contribution in [1.29, 1.82) is 0 Å². The monoisotopic (exact) mass is 325 g/mol. The molecule has 0 aromatic carbocycles. The van der Waals surface area contributed by atoms with Crippen LogP contribution in [0.1, 0.15) is 32.8 Å². The maximum Gasteiger partial charge on any atom is 0.433 e. The SMILES string of the molecule is CCOC(=O)c1sc(NC(=O)c2ccc([N+](=O)[O-])o2)nc1C. The quantitative estimate of drug-likeness (QED) is 0.508. The van der Waals surface area contributed by atoms with Gasteiger partial charge in [0.15, 0.2) is 10.9 Å². The molecule has 2 aromatic heterocycles. The number of anilines is 1. The predicted molar refractivity (Wildman–Crippen MR) is 76.1 cm³/mol. The lowest BCUT2D eigenvalue weighted by molar-refractivity contribution is -0.402. The van der Waals surface area contributed by atoms with Gasteiger partial charge in [-0.15, -0.1) is 0 Å². The highest BCUT2D eigenvalue weighted by Gasteiger charge is 2.21. The number of ether oxygens (including phenoxy) is 1. The summed E-state index contributed by atoms with van der Waals surface area (Å²) in [6.45, 7) is 3.52. The zero-order valence-electron chi connectivity index (χ0n) is 11.6. The summed E-state index contributed by atoms with van der Waals surface area (Å²) in [5.74, 6) is -1.98. The van der Waals surface area contributed by atoms with Crippen molar-refractivity contribution >= 4 is 34.2 Å². The van der Waals surface area contributed by atoms with Gasteiger partial charge in [0.1, 0.15) is 9.80 Å². The molecule has 10 heteroatoms. The lowest BCUT2D eigenvalue weighted by atomic mass is 10.4. The molecule has 1 amide bonds. The number of furan rings is 1. The number of nitrogens with zero attached hydrogens (tertiary/aromatic N) is 2. The Morgan fingerprint density at radius 3 is 2.82 bits per heavy atom. The van der Waals surface area contributed by atoms with Crippen LogP contribution in [0.25, 0.3) is 0 Å². The van der Waals surface area contributed by atoms with Crippen LogP contribution >= 0.6 is 11.3 Å². The van der Waals surface area contributed by atoms with E-state index in [0.717, 1.165) is 17.4 Å². The summed E-state index contributed by atoms with van der Waals surface area (Å²) < 4.78 is 9.64. The molecule has 0 aliphatic heterocycles. The molecule has 116 valence electrons. The maximum atomic E-state index is 11.9. The molecule has 1 N–H and O–H groups in total. The van der Waals surface area contributed by atoms with Gasteiger partial charge in [0.05, 0.1) is 18.4 Å². The summed E-state index contributed by atoms with van der Waals surface area (Å²) >= 11 is 0.951. The van der Waals surface area contributed by atoms with Gasteiger partial charge in [-0.1, -0.05) is 11.3 Å². The van der Waals surface area contributed by atoms with E-state index in [1.807, 2.05) is 0 Å². The van der Waals surface area contributed by atoms with Gasteiger partial charge in [0.25, 0.3) is 5.91 Å². The van der Waals surface area contributed by atoms with Gasteiger partial charge in [-0.05, 0) is 19.9 Å². The van der Waals surface area contributed by atoms with E-state index < -0.39 is 22.7 Å². The van der Waals surface area contributed by atoms with Crippen molar-refractivity contribution in [2.24, 2.45) is 0 Å². The molecule has 0 bridgehead atoms. The minimum absolute atomic E-state index is 0.171. The second-order valence-corrected chi connectivity index (χ2v) is 5.00. The van der Waals surface area contributed by atoms with E-state index in [4.69, 9.17) is 9.15 Å². The van der Waals surface area contributed by atoms with Crippen molar-refractivity contribution in [2.45, 2.75) is 13.8 Å². The number of amides is 1. The first-order valence-corrected chi connectivity index (χ1v) is 6.94. The van der Waals surface area contributed by atoms with Crippen LogP contribution in [-0.2, 0) is 4.74 Å². The molecule has 0 spiro atoms. The number of nitro groups is 1. The largest absolute Gasteiger partial charge is 0.462 e. The van der Waals surface area contributed by atoms with Gasteiger partial charge >= 0.3 is 11.9 Å². The summed E-state index contributed by atoms with van der Waals surface area (Å²) in [5, 5.41) is 13.1. The molecule has 0 atom stereocenters. The maximum absolute atomic E-state index is 11.9. The van der Waals surface area contributed by atoms with Gasteiger partial charge in [0.2, 0.25) is 0 Å². The molecule has 2 rings (SSSR count). The normalized spacial score (nSPS) is 10.3. The van der Waals surface area contributed by atoms with E-state index in [2.05, 4.69) is 10.3 Å². The standard InChI is InChI=1S/C12H11N3O6S/c1-3-20-11(17)9-6(2)13-12(22-9)14-10(16)7-4-5-8(21-7)15(18)19/h4-5H,3H2,1-2H3,(H,13,14,16). The van der Waals surface area contributed by atoms with Crippen molar-refractivity contribution in [3.05, 3.63) is 38.6 Å². The molecular weight excluding hydrogens is 314 g/mol. The molecular formula is C12H11N3O6S. The van der Waals surface area contributed by atoms with E-state index >= 15 is 0 Å². The lowest BCUT2D eigenvalue weighted by Gasteiger charge is -1.98. The van der Waals surface area contributed by atoms with Crippen LogP contribution in [0.2, 0.25) is 0 Å². The van der Waals surface area contributed by atoms with Crippen molar-refractivity contribution < 1.29 is 23.7 Å². The first-order chi connectivity index (χ1) is 10.4. The number of carbonyl (C=O) groups excluding carboxylic acids is 2. The number of hydrogen-bond acceptors (Lipinski definition) is 8. The van der Waals surface area contributed by atoms with Crippen molar-refractivity contribution in [3.63, 3.8) is 0 Å². The van der Waals surface area contributed by atoms with E-state index in [9.17, 15) is 19.7 Å². The van der Waals surface area contributed by atoms with Crippen LogP contribution < -0.4 is 5.32 Å². The minimum Gasteiger partial charge on any atom is -0.462 e. The molecule has 0 aliphatic carbocycles. The van der Waals surface area contributed by atoms with E-state index in [0.29, 0.717) is 5.69 Å². The van der Waals surface area contributed by atoms with Gasteiger partial charge < -0.3 is 9.15 Å². The van der Waals surface area contributed by atoms with Crippen LogP contribution in [0.4, 0.5) is 11.0 Å². The van der Waals surface area contributed by atoms with Crippen LogP contribution in [0.15, 0.2) is 16.5 Å². The van der Waals surface area contributed by atoms with Gasteiger partial charge in [0, 0.05) is 0 Å². The predicted octanol–water partition coefficient (Wildman–Crippen LogP) is 2.38. The van der Waals surface area contributed by atoms with E-state index in [1.54, 1.807) is 13.8 Å². The number of carbonyl (C=O) groups is 2. The first kappa shape index (κ1) is 15.6. The Balaban J connectivity index is 2.13. The van der Waals surface area contributed by atoms with Gasteiger partial charge in [-0.3, -0.25) is 20.2 Å². The molecule has 2 heterocycles. The highest BCUT2D eigenvalue weighted by atomic mass is 32.1. The van der Waals surface area contributed by atoms with E-state index in [-0.39, 0.29) is 22.4 Å². The second kappa shape index (κ2) is 6.35. The Kier molecular flexibility index (Phi) is 4.51. The third kappa shape index (κ3) is 3.28. The van der Waals surface area contributed by atoms with Crippen molar-refractivity contribution in [2.75, 3.05) is 11.9 Å². The molecule has 0 fully saturated rings. The Hall–Kier alpha value is -2.75. The fourth-order valence-electron chi connectivity index (χ4n) is 1.54. The summed E-state index contributed by atoms with van der Waals surface area (Å²) in [5.41, 5.74) is 0.421. The molecule has 0 saturated carbocycles. The van der Waals surface area contributed by atoms with Crippen LogP contribution in [-0.4, -0.2) is 28.4 Å². The number of hydrogen-bond donors (Lipinski definition) is 1. The molecule has 0 unspecified atom stereocenters. The fraction of sp³-hybridized carbons (Fsp3) is 0.250. The third-order valence-corrected chi connectivity index (χ3v) is 3.53. The second-order valence-electron chi connectivity index (χ2n) is 4.00. The smallest absolute Gasteiger partial charge is 0.433 e. The number of rotatable bonds is 5. The molecule has 2 aromatic rings. The Bertz CT molecular complexity index is 735. The van der Waals surface area contributed by atoms with Crippen molar-refractivity contribution in [1.82, 2.24) is 4.98 Å². The zero-order chi connectivity index (χ0) is 16.3. The Morgan fingerprint density at radius 1 is 1.50 bits per heavy atom. The third-order valence-electron chi connectivity index (χ3n) is 2.47. The number of aryl methyl sites for hydroxylation is 1. The van der Waals surface area contributed by atoms with Gasteiger partial charge in [-0.25, -0.2) is 9.78 Å². The van der Waals surface area contributed by atoms with Gasteiger partial charge in [-0.2, -0.15) is 0 Å². The lowest BCUT2D eigenvalue weighted by Crippen LogP contribution is -2.10. The summed E-state index contributed by atoms with van der Waals surface area (Å²) in [7, 11) is 0. The highest BCUT2D eigenvalue weighted by Crippen LogP contribution is 2.24. The fourth-order valence-corrected chi connectivity index (χ4v) is 2.40. The Labute approximate surface area is 128 Å². The highest BCUT2D eigenvalue weighted by molar-refractivity contribution is 7.17. The first-order valence-electron chi connectivity index (χ1n) is 6.12. The molecule has 22 heavy (non-hydrogen) atoms. The average molecular weight is 325 g/mol. The van der Waals surface area contributed by atoms with E-state index in [1.165, 1.54) is 6.07 Å². The molecule has 0 radical (unpaired) electrons.